The van der Waals surface area contributed by atoms with Crippen molar-refractivity contribution in [2.75, 3.05) is 25.0 Å². The number of nitrogens with one attached hydrogen (secondary N) is 2. The molecule has 0 aliphatic carbocycles. The van der Waals surface area contributed by atoms with Gasteiger partial charge in [-0.1, -0.05) is 12.1 Å². The third kappa shape index (κ3) is 4.72. The smallest absolute Gasteiger partial charge is 0.248 e. The summed E-state index contributed by atoms with van der Waals surface area (Å²) in [4.78, 5) is 21.6. The quantitative estimate of drug-likeness (QED) is 0.544. The SMILES string of the molecule is CN=C(NCc1cccc(C(N)=O)c1)NC1CCN(c2ncccc2F)C1. The number of carbonyl (C=O) groups is 1. The molecule has 27 heavy (non-hydrogen) atoms. The molecule has 3 rings (SSSR count). The van der Waals surface area contributed by atoms with Crippen molar-refractivity contribution < 1.29 is 9.18 Å². The molecular formula is C19H23FN6O. The number of aliphatic imine (C=N–C) groups is 1. The van der Waals surface area contributed by atoms with Gasteiger partial charge in [-0.3, -0.25) is 9.79 Å². The predicted molar refractivity (Wildman–Crippen MR) is 103 cm³/mol. The van der Waals surface area contributed by atoms with E-state index in [1.807, 2.05) is 11.0 Å². The average Bonchev–Trinajstić information content (AvgIpc) is 3.14. The average molecular weight is 370 g/mol. The maximum absolute atomic E-state index is 13.9. The van der Waals surface area contributed by atoms with Crippen LogP contribution in [-0.2, 0) is 6.54 Å². The third-order valence-corrected chi connectivity index (χ3v) is 4.46. The summed E-state index contributed by atoms with van der Waals surface area (Å²) in [6, 6.07) is 10.3. The fraction of sp³-hybridized carbons (Fsp3) is 0.316. The minimum Gasteiger partial charge on any atom is -0.366 e. The molecule has 0 bridgehead atoms. The van der Waals surface area contributed by atoms with E-state index < -0.39 is 5.91 Å². The zero-order chi connectivity index (χ0) is 19.2. The minimum atomic E-state index is -0.452. The Bertz CT molecular complexity index is 840. The topological polar surface area (TPSA) is 95.6 Å². The number of guanidine groups is 1. The van der Waals surface area contributed by atoms with Crippen molar-refractivity contribution in [2.24, 2.45) is 10.7 Å². The van der Waals surface area contributed by atoms with Gasteiger partial charge in [0, 0.05) is 44.5 Å². The molecule has 1 aliphatic heterocycles. The highest BCUT2D eigenvalue weighted by Gasteiger charge is 2.25. The van der Waals surface area contributed by atoms with Crippen molar-refractivity contribution in [1.29, 1.82) is 0 Å². The Kier molecular flexibility index (Phi) is 5.85. The van der Waals surface area contributed by atoms with Gasteiger partial charge in [0.1, 0.15) is 0 Å². The molecule has 142 valence electrons. The van der Waals surface area contributed by atoms with Crippen LogP contribution in [0, 0.1) is 5.82 Å². The number of carbonyl (C=O) groups excluding carboxylic acids is 1. The van der Waals surface area contributed by atoms with E-state index in [-0.39, 0.29) is 11.9 Å². The van der Waals surface area contributed by atoms with Gasteiger partial charge in [-0.05, 0) is 36.2 Å². The van der Waals surface area contributed by atoms with Crippen LogP contribution in [-0.4, -0.2) is 43.0 Å². The number of benzene rings is 1. The molecular weight excluding hydrogens is 347 g/mol. The lowest BCUT2D eigenvalue weighted by Crippen LogP contribution is -2.44. The van der Waals surface area contributed by atoms with Gasteiger partial charge in [0.05, 0.1) is 0 Å². The number of hydrogen-bond acceptors (Lipinski definition) is 4. The maximum atomic E-state index is 13.9. The first-order chi connectivity index (χ1) is 13.1. The Hall–Kier alpha value is -3.16. The molecule has 2 heterocycles. The molecule has 0 spiro atoms. The second-order valence-corrected chi connectivity index (χ2v) is 6.38. The van der Waals surface area contributed by atoms with E-state index in [2.05, 4.69) is 20.6 Å². The number of hydrogen-bond donors (Lipinski definition) is 3. The van der Waals surface area contributed by atoms with Crippen molar-refractivity contribution in [3.63, 3.8) is 0 Å². The number of primary amides is 1. The van der Waals surface area contributed by atoms with Crippen LogP contribution in [0.2, 0.25) is 0 Å². The molecule has 1 atom stereocenters. The van der Waals surface area contributed by atoms with Gasteiger partial charge in [0.25, 0.3) is 0 Å². The number of halogens is 1. The standard InChI is InChI=1S/C19H23FN6O/c1-22-19(24-11-13-4-2-5-14(10-13)17(21)27)25-15-7-9-26(12-15)18-16(20)6-3-8-23-18/h2-6,8,10,15H,7,9,11-12H2,1H3,(H2,21,27)(H2,22,24,25). The third-order valence-electron chi connectivity index (χ3n) is 4.46. The summed E-state index contributed by atoms with van der Waals surface area (Å²) in [5.74, 6) is 0.267. The van der Waals surface area contributed by atoms with Gasteiger partial charge in [0.2, 0.25) is 5.91 Å². The molecule has 1 aromatic carbocycles. The molecule has 1 unspecified atom stereocenters. The van der Waals surface area contributed by atoms with Crippen LogP contribution in [0.25, 0.3) is 0 Å². The van der Waals surface area contributed by atoms with E-state index in [9.17, 15) is 9.18 Å². The van der Waals surface area contributed by atoms with Crippen molar-refractivity contribution in [3.8, 4) is 0 Å². The molecule has 2 aromatic rings. The molecule has 8 heteroatoms. The number of anilines is 1. The number of nitrogens with zero attached hydrogens (tertiary/aromatic N) is 3. The van der Waals surface area contributed by atoms with Crippen molar-refractivity contribution in [3.05, 3.63) is 59.5 Å². The molecule has 1 fully saturated rings. The summed E-state index contributed by atoms with van der Waals surface area (Å²) in [5, 5.41) is 6.57. The summed E-state index contributed by atoms with van der Waals surface area (Å²) in [6.45, 7) is 1.88. The molecule has 1 aromatic heterocycles. The molecule has 0 saturated carbocycles. The van der Waals surface area contributed by atoms with Crippen LogP contribution in [0.15, 0.2) is 47.6 Å². The van der Waals surface area contributed by atoms with Crippen LogP contribution >= 0.6 is 0 Å². The zero-order valence-corrected chi connectivity index (χ0v) is 15.2. The Morgan fingerprint density at radius 1 is 1.41 bits per heavy atom. The molecule has 1 saturated heterocycles. The second kappa shape index (κ2) is 8.48. The Labute approximate surface area is 157 Å². The van der Waals surface area contributed by atoms with Crippen LogP contribution < -0.4 is 21.3 Å². The van der Waals surface area contributed by atoms with Crippen LogP contribution in [0.1, 0.15) is 22.3 Å². The normalized spacial score (nSPS) is 17.0. The van der Waals surface area contributed by atoms with E-state index in [1.165, 1.54) is 6.07 Å². The maximum Gasteiger partial charge on any atom is 0.248 e. The first-order valence-electron chi connectivity index (χ1n) is 8.78. The number of rotatable bonds is 5. The fourth-order valence-electron chi connectivity index (χ4n) is 3.09. The van der Waals surface area contributed by atoms with Gasteiger partial charge >= 0.3 is 0 Å². The van der Waals surface area contributed by atoms with Gasteiger partial charge < -0.3 is 21.3 Å². The monoisotopic (exact) mass is 370 g/mol. The van der Waals surface area contributed by atoms with Gasteiger partial charge in [-0.25, -0.2) is 9.37 Å². The molecule has 1 aliphatic rings. The van der Waals surface area contributed by atoms with Gasteiger partial charge in [-0.2, -0.15) is 0 Å². The molecule has 4 N–H and O–H groups in total. The zero-order valence-electron chi connectivity index (χ0n) is 15.2. The lowest BCUT2D eigenvalue weighted by molar-refractivity contribution is 0.1000. The fourth-order valence-corrected chi connectivity index (χ4v) is 3.09. The highest BCUT2D eigenvalue weighted by Crippen LogP contribution is 2.20. The first-order valence-corrected chi connectivity index (χ1v) is 8.78. The van der Waals surface area contributed by atoms with Crippen molar-refractivity contribution in [2.45, 2.75) is 19.0 Å². The van der Waals surface area contributed by atoms with E-state index in [0.717, 1.165) is 18.5 Å². The van der Waals surface area contributed by atoms with E-state index >= 15 is 0 Å². The highest BCUT2D eigenvalue weighted by atomic mass is 19.1. The van der Waals surface area contributed by atoms with Gasteiger partial charge in [0.15, 0.2) is 17.6 Å². The lowest BCUT2D eigenvalue weighted by atomic mass is 10.1. The van der Waals surface area contributed by atoms with Crippen molar-refractivity contribution >= 4 is 17.7 Å². The van der Waals surface area contributed by atoms with Gasteiger partial charge in [-0.15, -0.1) is 0 Å². The number of amides is 1. The van der Waals surface area contributed by atoms with E-state index in [0.29, 0.717) is 30.4 Å². The molecule has 0 radical (unpaired) electrons. The Morgan fingerprint density at radius 2 is 2.26 bits per heavy atom. The lowest BCUT2D eigenvalue weighted by Gasteiger charge is -2.20. The molecule has 1 amide bonds. The summed E-state index contributed by atoms with van der Waals surface area (Å²) >= 11 is 0. The summed E-state index contributed by atoms with van der Waals surface area (Å²) in [5.41, 5.74) is 6.72. The van der Waals surface area contributed by atoms with E-state index in [1.54, 1.807) is 37.5 Å². The highest BCUT2D eigenvalue weighted by molar-refractivity contribution is 5.92. The number of nitrogens with two attached hydrogens (primary N) is 1. The van der Waals surface area contributed by atoms with E-state index in [4.69, 9.17) is 5.73 Å². The van der Waals surface area contributed by atoms with Crippen molar-refractivity contribution in [1.82, 2.24) is 15.6 Å². The summed E-state index contributed by atoms with van der Waals surface area (Å²) < 4.78 is 13.9. The van der Waals surface area contributed by atoms with Crippen LogP contribution in [0.3, 0.4) is 0 Å². The summed E-state index contributed by atoms with van der Waals surface area (Å²) in [6.07, 6.45) is 2.45. The largest absolute Gasteiger partial charge is 0.366 e. The molecule has 7 nitrogen and oxygen atoms in total. The number of pyridine rings is 1. The second-order valence-electron chi connectivity index (χ2n) is 6.38. The Balaban J connectivity index is 1.55. The predicted octanol–water partition coefficient (Wildman–Crippen LogP) is 1.26. The van der Waals surface area contributed by atoms with Crippen LogP contribution in [0.4, 0.5) is 10.2 Å². The summed E-state index contributed by atoms with van der Waals surface area (Å²) in [7, 11) is 1.69. The number of aromatic nitrogens is 1. The minimum absolute atomic E-state index is 0.134. The first kappa shape index (κ1) is 18.6. The van der Waals surface area contributed by atoms with Crippen LogP contribution in [0.5, 0.6) is 0 Å². The Morgan fingerprint density at radius 3 is 3.00 bits per heavy atom.